The number of carbonyl (C=O) groups is 2. The lowest BCUT2D eigenvalue weighted by molar-refractivity contribution is -0.156. The Kier molecular flexibility index (Phi) is 6.46. The summed E-state index contributed by atoms with van der Waals surface area (Å²) in [5, 5.41) is 8.90. The summed E-state index contributed by atoms with van der Waals surface area (Å²) in [5.41, 5.74) is -0.509. The van der Waals surface area contributed by atoms with E-state index in [-0.39, 0.29) is 31.3 Å². The fraction of sp³-hybridized carbons (Fsp3) is 0.867. The second kappa shape index (κ2) is 7.62. The summed E-state index contributed by atoms with van der Waals surface area (Å²) < 4.78 is 5.20. The standard InChI is InChI=1S/C15H27NO4/c1-15(2,3)20-14(19)9-8-13(18)16(10-5-11-17)12-6-4-7-12/h12,17H,4-11H2,1-3H3. The van der Waals surface area contributed by atoms with Gasteiger partial charge in [0.05, 0.1) is 6.42 Å². The Bertz CT molecular complexity index is 331. The number of aliphatic hydroxyl groups excluding tert-OH is 1. The molecule has 0 bridgehead atoms. The van der Waals surface area contributed by atoms with E-state index >= 15 is 0 Å². The van der Waals surface area contributed by atoms with Gasteiger partial charge in [-0.25, -0.2) is 0 Å². The van der Waals surface area contributed by atoms with E-state index in [2.05, 4.69) is 0 Å². The molecule has 1 N–H and O–H groups in total. The summed E-state index contributed by atoms with van der Waals surface area (Å²) in [4.78, 5) is 25.6. The van der Waals surface area contributed by atoms with E-state index in [1.807, 2.05) is 25.7 Å². The van der Waals surface area contributed by atoms with Crippen molar-refractivity contribution in [3.8, 4) is 0 Å². The molecular formula is C15H27NO4. The van der Waals surface area contributed by atoms with Crippen molar-refractivity contribution in [1.29, 1.82) is 0 Å². The molecule has 1 saturated carbocycles. The third kappa shape index (κ3) is 5.90. The third-order valence-corrected chi connectivity index (χ3v) is 3.36. The minimum Gasteiger partial charge on any atom is -0.460 e. The molecule has 0 radical (unpaired) electrons. The Morgan fingerprint density at radius 1 is 1.25 bits per heavy atom. The maximum atomic E-state index is 12.2. The summed E-state index contributed by atoms with van der Waals surface area (Å²) in [6.07, 6.45) is 4.12. The van der Waals surface area contributed by atoms with Gasteiger partial charge >= 0.3 is 5.97 Å². The third-order valence-electron chi connectivity index (χ3n) is 3.36. The van der Waals surface area contributed by atoms with E-state index in [0.717, 1.165) is 19.3 Å². The molecule has 0 atom stereocenters. The molecule has 1 aliphatic carbocycles. The number of aliphatic hydroxyl groups is 1. The fourth-order valence-electron chi connectivity index (χ4n) is 2.20. The lowest BCUT2D eigenvalue weighted by Crippen LogP contribution is -2.45. The minimum absolute atomic E-state index is 0.00555. The lowest BCUT2D eigenvalue weighted by atomic mass is 9.91. The molecule has 0 heterocycles. The Morgan fingerprint density at radius 2 is 1.90 bits per heavy atom. The topological polar surface area (TPSA) is 66.8 Å². The van der Waals surface area contributed by atoms with Crippen LogP contribution in [0, 0.1) is 0 Å². The molecule has 0 aromatic heterocycles. The number of esters is 1. The molecule has 0 aliphatic heterocycles. The highest BCUT2D eigenvalue weighted by atomic mass is 16.6. The summed E-state index contributed by atoms with van der Waals surface area (Å²) in [5.74, 6) is -0.337. The number of nitrogens with zero attached hydrogens (tertiary/aromatic N) is 1. The molecular weight excluding hydrogens is 258 g/mol. The maximum Gasteiger partial charge on any atom is 0.306 e. The van der Waals surface area contributed by atoms with E-state index in [4.69, 9.17) is 9.84 Å². The minimum atomic E-state index is -0.509. The van der Waals surface area contributed by atoms with Crippen LogP contribution in [0.5, 0.6) is 0 Å². The van der Waals surface area contributed by atoms with Crippen molar-refractivity contribution in [2.75, 3.05) is 13.2 Å². The number of hydrogen-bond donors (Lipinski definition) is 1. The number of hydrogen-bond acceptors (Lipinski definition) is 4. The van der Waals surface area contributed by atoms with Gasteiger partial charge < -0.3 is 14.7 Å². The van der Waals surface area contributed by atoms with Gasteiger partial charge in [-0.05, 0) is 46.5 Å². The maximum absolute atomic E-state index is 12.2. The highest BCUT2D eigenvalue weighted by molar-refractivity contribution is 5.81. The lowest BCUT2D eigenvalue weighted by Gasteiger charge is -2.37. The molecule has 5 nitrogen and oxygen atoms in total. The van der Waals surface area contributed by atoms with Crippen molar-refractivity contribution >= 4 is 11.9 Å². The van der Waals surface area contributed by atoms with E-state index in [9.17, 15) is 9.59 Å². The van der Waals surface area contributed by atoms with Crippen LogP contribution in [-0.2, 0) is 14.3 Å². The van der Waals surface area contributed by atoms with Gasteiger partial charge in [-0.2, -0.15) is 0 Å². The van der Waals surface area contributed by atoms with Crippen LogP contribution < -0.4 is 0 Å². The molecule has 1 aliphatic rings. The van der Waals surface area contributed by atoms with E-state index < -0.39 is 5.60 Å². The Labute approximate surface area is 121 Å². The van der Waals surface area contributed by atoms with Gasteiger partial charge in [0.1, 0.15) is 5.60 Å². The van der Waals surface area contributed by atoms with Crippen LogP contribution in [0.4, 0.5) is 0 Å². The monoisotopic (exact) mass is 285 g/mol. The summed E-state index contributed by atoms with van der Waals surface area (Å²) >= 11 is 0. The predicted octanol–water partition coefficient (Wildman–Crippen LogP) is 1.87. The van der Waals surface area contributed by atoms with E-state index in [1.165, 1.54) is 0 Å². The molecule has 1 amide bonds. The molecule has 0 aromatic carbocycles. The fourth-order valence-corrected chi connectivity index (χ4v) is 2.20. The van der Waals surface area contributed by atoms with Crippen LogP contribution in [0.3, 0.4) is 0 Å². The average molecular weight is 285 g/mol. The van der Waals surface area contributed by atoms with Gasteiger partial charge in [-0.15, -0.1) is 0 Å². The van der Waals surface area contributed by atoms with Crippen LogP contribution in [-0.4, -0.2) is 46.7 Å². The Morgan fingerprint density at radius 3 is 2.35 bits per heavy atom. The van der Waals surface area contributed by atoms with Gasteiger partial charge in [-0.1, -0.05) is 0 Å². The zero-order chi connectivity index (χ0) is 15.2. The SMILES string of the molecule is CC(C)(C)OC(=O)CCC(=O)N(CCCO)C1CCC1. The first kappa shape index (κ1) is 17.0. The molecule has 5 heteroatoms. The van der Waals surface area contributed by atoms with Crippen LogP contribution in [0.1, 0.15) is 59.3 Å². The molecule has 0 saturated heterocycles. The quantitative estimate of drug-likeness (QED) is 0.725. The van der Waals surface area contributed by atoms with Crippen molar-refractivity contribution < 1.29 is 19.4 Å². The van der Waals surface area contributed by atoms with Gasteiger partial charge in [0.15, 0.2) is 0 Å². The first-order chi connectivity index (χ1) is 9.33. The largest absolute Gasteiger partial charge is 0.460 e. The van der Waals surface area contributed by atoms with Gasteiger partial charge in [-0.3, -0.25) is 9.59 Å². The Hall–Kier alpha value is -1.10. The summed E-state index contributed by atoms with van der Waals surface area (Å²) in [7, 11) is 0. The number of rotatable bonds is 7. The van der Waals surface area contributed by atoms with Crippen LogP contribution in [0.15, 0.2) is 0 Å². The van der Waals surface area contributed by atoms with Crippen LogP contribution >= 0.6 is 0 Å². The normalized spacial score (nSPS) is 15.6. The second-order valence-electron chi connectivity index (χ2n) is 6.34. The van der Waals surface area contributed by atoms with Gasteiger partial charge in [0.25, 0.3) is 0 Å². The van der Waals surface area contributed by atoms with E-state index in [1.54, 1.807) is 0 Å². The van der Waals surface area contributed by atoms with Crippen molar-refractivity contribution in [2.24, 2.45) is 0 Å². The molecule has 0 aromatic rings. The summed E-state index contributed by atoms with van der Waals surface area (Å²) in [6, 6.07) is 0.299. The first-order valence-corrected chi connectivity index (χ1v) is 7.45. The molecule has 0 spiro atoms. The second-order valence-corrected chi connectivity index (χ2v) is 6.34. The number of ether oxygens (including phenoxy) is 1. The highest BCUT2D eigenvalue weighted by Gasteiger charge is 2.28. The molecule has 116 valence electrons. The zero-order valence-corrected chi connectivity index (χ0v) is 12.9. The van der Waals surface area contributed by atoms with Crippen molar-refractivity contribution in [3.63, 3.8) is 0 Å². The molecule has 1 rings (SSSR count). The van der Waals surface area contributed by atoms with E-state index in [0.29, 0.717) is 19.0 Å². The van der Waals surface area contributed by atoms with Gasteiger partial charge in [0, 0.05) is 25.6 Å². The zero-order valence-electron chi connectivity index (χ0n) is 12.9. The smallest absolute Gasteiger partial charge is 0.306 e. The average Bonchev–Trinajstić information content (AvgIpc) is 2.26. The summed E-state index contributed by atoms with van der Waals surface area (Å²) in [6.45, 7) is 6.11. The Balaban J connectivity index is 2.39. The molecule has 20 heavy (non-hydrogen) atoms. The van der Waals surface area contributed by atoms with Crippen LogP contribution in [0.2, 0.25) is 0 Å². The predicted molar refractivity (Wildman–Crippen MR) is 76.1 cm³/mol. The van der Waals surface area contributed by atoms with Crippen molar-refractivity contribution in [1.82, 2.24) is 4.90 Å². The van der Waals surface area contributed by atoms with Crippen LogP contribution in [0.25, 0.3) is 0 Å². The number of amides is 1. The van der Waals surface area contributed by atoms with Crippen molar-refractivity contribution in [2.45, 2.75) is 70.9 Å². The highest BCUT2D eigenvalue weighted by Crippen LogP contribution is 2.25. The molecule has 0 unspecified atom stereocenters. The first-order valence-electron chi connectivity index (χ1n) is 7.45. The number of carbonyl (C=O) groups excluding carboxylic acids is 2. The van der Waals surface area contributed by atoms with Gasteiger partial charge in [0.2, 0.25) is 5.91 Å². The van der Waals surface area contributed by atoms with Crippen molar-refractivity contribution in [3.05, 3.63) is 0 Å². The molecule has 1 fully saturated rings.